The molecule has 11 nitrogen and oxygen atoms in total. The van der Waals surface area contributed by atoms with Crippen LogP contribution in [0.2, 0.25) is 0 Å². The van der Waals surface area contributed by atoms with Crippen molar-refractivity contribution in [2.75, 3.05) is 13.1 Å². The maximum absolute atomic E-state index is 13.3. The van der Waals surface area contributed by atoms with Gasteiger partial charge in [0.2, 0.25) is 29.5 Å². The molecule has 2 aliphatic rings. The van der Waals surface area contributed by atoms with Gasteiger partial charge in [0.15, 0.2) is 0 Å². The number of hydrogen-bond acceptors (Lipinski definition) is 6. The number of carbonyl (C=O) groups excluding carboxylic acids is 5. The van der Waals surface area contributed by atoms with Crippen LogP contribution in [0, 0.1) is 0 Å². The van der Waals surface area contributed by atoms with E-state index in [9.17, 15) is 24.0 Å². The molecule has 162 valence electrons. The minimum Gasteiger partial charge on any atom is -0.370 e. The predicted molar refractivity (Wildman–Crippen MR) is 102 cm³/mol. The number of nitrogens with zero attached hydrogens (tertiary/aromatic N) is 2. The summed E-state index contributed by atoms with van der Waals surface area (Å²) >= 11 is 0. The molecule has 0 aromatic carbocycles. The Bertz CT molecular complexity index is 724. The molecule has 2 aliphatic heterocycles. The molecule has 2 heterocycles. The van der Waals surface area contributed by atoms with Crippen molar-refractivity contribution in [3.63, 3.8) is 0 Å². The molecule has 0 bridgehead atoms. The summed E-state index contributed by atoms with van der Waals surface area (Å²) in [5.74, 6) is -2.68. The van der Waals surface area contributed by atoms with E-state index in [1.54, 1.807) is 0 Å². The largest absolute Gasteiger partial charge is 0.370 e. The molecule has 2 rings (SSSR count). The first kappa shape index (κ1) is 22.6. The van der Waals surface area contributed by atoms with Gasteiger partial charge in [-0.2, -0.15) is 0 Å². The fourth-order valence-electron chi connectivity index (χ4n) is 4.26. The van der Waals surface area contributed by atoms with E-state index in [-0.39, 0.29) is 38.1 Å². The predicted octanol–water partition coefficient (Wildman–Crippen LogP) is -2.32. The molecular formula is C18H30N6O5. The second-order valence-electron chi connectivity index (χ2n) is 8.15. The third-order valence-electron chi connectivity index (χ3n) is 5.91. The van der Waals surface area contributed by atoms with Gasteiger partial charge < -0.3 is 32.7 Å². The summed E-state index contributed by atoms with van der Waals surface area (Å²) in [7, 11) is 0. The third-order valence-corrected chi connectivity index (χ3v) is 5.91. The van der Waals surface area contributed by atoms with Crippen LogP contribution in [-0.4, -0.2) is 69.5 Å². The molecule has 11 heteroatoms. The first-order valence-electron chi connectivity index (χ1n) is 9.70. The molecule has 1 spiro atoms. The Morgan fingerprint density at radius 2 is 1.69 bits per heavy atom. The van der Waals surface area contributed by atoms with Crippen LogP contribution in [0.5, 0.6) is 0 Å². The van der Waals surface area contributed by atoms with Gasteiger partial charge in [0.25, 0.3) is 0 Å². The lowest BCUT2D eigenvalue weighted by Gasteiger charge is -2.38. The van der Waals surface area contributed by atoms with Gasteiger partial charge in [0.05, 0.1) is 5.54 Å². The van der Waals surface area contributed by atoms with Gasteiger partial charge in [0, 0.05) is 25.9 Å². The molecule has 0 aromatic heterocycles. The molecule has 2 fully saturated rings. The second kappa shape index (κ2) is 8.36. The topological polar surface area (TPSA) is 196 Å². The fourth-order valence-corrected chi connectivity index (χ4v) is 4.26. The highest BCUT2D eigenvalue weighted by Crippen LogP contribution is 2.41. The number of carbonyl (C=O) groups is 5. The lowest BCUT2D eigenvalue weighted by molar-refractivity contribution is -0.151. The first-order valence-corrected chi connectivity index (χ1v) is 9.70. The summed E-state index contributed by atoms with van der Waals surface area (Å²) in [6.07, 6.45) is 1.37. The SMILES string of the molecule is CC(N)(CCC(N)=O)C(=O)N1CCCC12CCN([C@@H](CCC(N)=O)C(N)=O)C2=O. The zero-order chi connectivity index (χ0) is 22.0. The Kier molecular flexibility index (Phi) is 6.51. The van der Waals surface area contributed by atoms with Crippen molar-refractivity contribution >= 4 is 29.5 Å². The lowest BCUT2D eigenvalue weighted by atomic mass is 9.89. The molecule has 3 atom stereocenters. The third kappa shape index (κ3) is 4.50. The van der Waals surface area contributed by atoms with Crippen LogP contribution in [0.3, 0.4) is 0 Å². The number of nitrogens with two attached hydrogens (primary N) is 4. The molecule has 29 heavy (non-hydrogen) atoms. The van der Waals surface area contributed by atoms with Gasteiger partial charge in [-0.15, -0.1) is 0 Å². The number of primary amides is 3. The van der Waals surface area contributed by atoms with Gasteiger partial charge >= 0.3 is 0 Å². The summed E-state index contributed by atoms with van der Waals surface area (Å²) in [4.78, 5) is 63.4. The molecule has 2 unspecified atom stereocenters. The van der Waals surface area contributed by atoms with E-state index in [4.69, 9.17) is 22.9 Å². The number of likely N-dealkylation sites (tertiary alicyclic amines) is 2. The van der Waals surface area contributed by atoms with Gasteiger partial charge in [-0.25, -0.2) is 0 Å². The summed E-state index contributed by atoms with van der Waals surface area (Å²) in [6.45, 7) is 2.10. The van der Waals surface area contributed by atoms with Crippen LogP contribution in [0.15, 0.2) is 0 Å². The zero-order valence-electron chi connectivity index (χ0n) is 16.7. The summed E-state index contributed by atoms with van der Waals surface area (Å²) in [5, 5.41) is 0. The molecule has 0 saturated carbocycles. The van der Waals surface area contributed by atoms with Gasteiger partial charge in [-0.05, 0) is 39.0 Å². The zero-order valence-corrected chi connectivity index (χ0v) is 16.7. The second-order valence-corrected chi connectivity index (χ2v) is 8.15. The normalized spacial score (nSPS) is 24.6. The van der Waals surface area contributed by atoms with Crippen molar-refractivity contribution in [1.29, 1.82) is 0 Å². The highest BCUT2D eigenvalue weighted by atomic mass is 16.2. The maximum atomic E-state index is 13.3. The molecule has 8 N–H and O–H groups in total. The van der Waals surface area contributed by atoms with Gasteiger partial charge in [-0.3, -0.25) is 24.0 Å². The molecule has 0 aliphatic carbocycles. The maximum Gasteiger partial charge on any atom is 0.249 e. The van der Waals surface area contributed by atoms with Crippen LogP contribution < -0.4 is 22.9 Å². The van der Waals surface area contributed by atoms with Crippen LogP contribution in [0.1, 0.15) is 51.9 Å². The first-order chi connectivity index (χ1) is 13.4. The highest BCUT2D eigenvalue weighted by Gasteiger charge is 2.58. The summed E-state index contributed by atoms with van der Waals surface area (Å²) < 4.78 is 0. The summed E-state index contributed by atoms with van der Waals surface area (Å²) in [6, 6.07) is -0.967. The number of hydrogen-bond donors (Lipinski definition) is 4. The van der Waals surface area contributed by atoms with E-state index in [1.807, 2.05) is 0 Å². The van der Waals surface area contributed by atoms with Crippen LogP contribution in [0.25, 0.3) is 0 Å². The smallest absolute Gasteiger partial charge is 0.249 e. The van der Waals surface area contributed by atoms with E-state index >= 15 is 0 Å². The van der Waals surface area contributed by atoms with E-state index in [0.29, 0.717) is 25.8 Å². The average molecular weight is 410 g/mol. The van der Waals surface area contributed by atoms with Crippen LogP contribution in [0.4, 0.5) is 0 Å². The van der Waals surface area contributed by atoms with Gasteiger partial charge in [0.1, 0.15) is 11.6 Å². The average Bonchev–Trinajstić information content (AvgIpc) is 3.18. The lowest BCUT2D eigenvalue weighted by Crippen LogP contribution is -2.62. The van der Waals surface area contributed by atoms with E-state index in [0.717, 1.165) is 0 Å². The van der Waals surface area contributed by atoms with Crippen LogP contribution in [-0.2, 0) is 24.0 Å². The van der Waals surface area contributed by atoms with E-state index in [2.05, 4.69) is 0 Å². The van der Waals surface area contributed by atoms with Crippen molar-refractivity contribution < 1.29 is 24.0 Å². The Morgan fingerprint density at radius 3 is 2.24 bits per heavy atom. The minimum absolute atomic E-state index is 0.0354. The number of rotatable bonds is 9. The van der Waals surface area contributed by atoms with Gasteiger partial charge in [-0.1, -0.05) is 0 Å². The standard InChI is InChI=1S/C18H30N6O5/c1-17(22,7-5-13(20)26)15(28)24-9-2-6-18(24)8-10-23(16(18)29)11(14(21)27)3-4-12(19)25/h11H,2-10,22H2,1H3,(H2,19,25)(H2,20,26)(H2,21,27)/t11-,17?,18?/m0/s1. The van der Waals surface area contributed by atoms with Crippen molar-refractivity contribution in [1.82, 2.24) is 9.80 Å². The van der Waals surface area contributed by atoms with Crippen molar-refractivity contribution in [3.8, 4) is 0 Å². The molecule has 0 radical (unpaired) electrons. The fraction of sp³-hybridized carbons (Fsp3) is 0.722. The minimum atomic E-state index is -1.35. The van der Waals surface area contributed by atoms with Crippen molar-refractivity contribution in [2.24, 2.45) is 22.9 Å². The Balaban J connectivity index is 2.23. The van der Waals surface area contributed by atoms with Crippen molar-refractivity contribution in [3.05, 3.63) is 0 Å². The highest BCUT2D eigenvalue weighted by molar-refractivity contribution is 5.98. The van der Waals surface area contributed by atoms with E-state index in [1.165, 1.54) is 16.7 Å². The Morgan fingerprint density at radius 1 is 1.07 bits per heavy atom. The van der Waals surface area contributed by atoms with Crippen molar-refractivity contribution in [2.45, 2.75) is 69.0 Å². The molecule has 2 saturated heterocycles. The molecule has 5 amide bonds. The van der Waals surface area contributed by atoms with Crippen LogP contribution >= 0.6 is 0 Å². The number of amides is 5. The quantitative estimate of drug-likeness (QED) is 0.329. The molecule has 0 aromatic rings. The molecular weight excluding hydrogens is 380 g/mol. The Hall–Kier alpha value is -2.69. The monoisotopic (exact) mass is 410 g/mol. The van der Waals surface area contributed by atoms with E-state index < -0.39 is 40.7 Å². The summed E-state index contributed by atoms with van der Waals surface area (Å²) in [5.41, 5.74) is 19.5. The Labute approximate surface area is 169 Å².